The lowest BCUT2D eigenvalue weighted by Crippen LogP contribution is -2.23. The van der Waals surface area contributed by atoms with Crippen LogP contribution in [-0.2, 0) is 0 Å². The summed E-state index contributed by atoms with van der Waals surface area (Å²) in [5, 5.41) is 4.08. The third-order valence-corrected chi connectivity index (χ3v) is 3.13. The van der Waals surface area contributed by atoms with E-state index >= 15 is 0 Å². The van der Waals surface area contributed by atoms with Crippen molar-refractivity contribution in [3.8, 4) is 0 Å². The van der Waals surface area contributed by atoms with Crippen LogP contribution in [-0.4, -0.2) is 6.04 Å². The van der Waals surface area contributed by atoms with Crippen LogP contribution in [0.1, 0.15) is 27.2 Å². The van der Waals surface area contributed by atoms with Crippen LogP contribution in [0, 0.1) is 5.92 Å². The van der Waals surface area contributed by atoms with Crippen LogP contribution < -0.4 is 11.1 Å². The number of nitrogen functional groups attached to an aromatic ring is 1. The zero-order valence-electron chi connectivity index (χ0n) is 9.55. The highest BCUT2D eigenvalue weighted by Crippen LogP contribution is 2.24. The number of halogens is 1. The average molecular weight is 227 g/mol. The maximum absolute atomic E-state index is 5.86. The monoisotopic (exact) mass is 226 g/mol. The number of nitrogens with one attached hydrogen (secondary N) is 1. The molecule has 0 heterocycles. The molecular formula is C12H19ClN2. The molecule has 0 saturated carbocycles. The molecule has 1 aromatic carbocycles. The maximum Gasteiger partial charge on any atom is 0.0577 e. The normalized spacial score (nSPS) is 14.7. The summed E-state index contributed by atoms with van der Waals surface area (Å²) >= 11 is 5.84. The molecule has 0 bridgehead atoms. The van der Waals surface area contributed by atoms with E-state index in [2.05, 4.69) is 26.1 Å². The van der Waals surface area contributed by atoms with Crippen LogP contribution in [0.4, 0.5) is 11.4 Å². The molecule has 15 heavy (non-hydrogen) atoms. The summed E-state index contributed by atoms with van der Waals surface area (Å²) in [6.07, 6.45) is 1.15. The summed E-state index contributed by atoms with van der Waals surface area (Å²) in [5.41, 5.74) is 7.54. The second kappa shape index (κ2) is 5.26. The second-order valence-corrected chi connectivity index (χ2v) is 4.49. The zero-order valence-corrected chi connectivity index (χ0v) is 10.3. The van der Waals surface area contributed by atoms with Crippen LogP contribution in [0.5, 0.6) is 0 Å². The molecule has 2 unspecified atom stereocenters. The molecule has 0 aromatic heterocycles. The van der Waals surface area contributed by atoms with E-state index in [0.29, 0.717) is 22.7 Å². The number of nitrogens with two attached hydrogens (primary N) is 1. The van der Waals surface area contributed by atoms with Crippen molar-refractivity contribution in [1.82, 2.24) is 0 Å². The summed E-state index contributed by atoms with van der Waals surface area (Å²) < 4.78 is 0. The Morgan fingerprint density at radius 2 is 2.07 bits per heavy atom. The molecule has 2 atom stereocenters. The molecule has 3 heteroatoms. The molecule has 0 spiro atoms. The smallest absolute Gasteiger partial charge is 0.0577 e. The molecule has 1 aromatic rings. The van der Waals surface area contributed by atoms with Gasteiger partial charge in [0.1, 0.15) is 0 Å². The fourth-order valence-electron chi connectivity index (χ4n) is 1.41. The van der Waals surface area contributed by atoms with E-state index in [4.69, 9.17) is 17.3 Å². The first-order chi connectivity index (χ1) is 7.04. The van der Waals surface area contributed by atoms with E-state index in [1.807, 2.05) is 12.1 Å². The van der Waals surface area contributed by atoms with Gasteiger partial charge in [-0.3, -0.25) is 0 Å². The summed E-state index contributed by atoms with van der Waals surface area (Å²) in [4.78, 5) is 0. The lowest BCUT2D eigenvalue weighted by atomic mass is 10.0. The minimum Gasteiger partial charge on any atom is -0.397 e. The second-order valence-electron chi connectivity index (χ2n) is 4.05. The van der Waals surface area contributed by atoms with Crippen molar-refractivity contribution in [2.75, 3.05) is 11.1 Å². The number of rotatable bonds is 4. The SMILES string of the molecule is CCC(C)C(C)Nc1ccc(Cl)cc1N. The third-order valence-electron chi connectivity index (χ3n) is 2.89. The molecule has 0 aliphatic rings. The van der Waals surface area contributed by atoms with E-state index < -0.39 is 0 Å². The summed E-state index contributed by atoms with van der Waals surface area (Å²) in [6.45, 7) is 6.58. The van der Waals surface area contributed by atoms with Gasteiger partial charge >= 0.3 is 0 Å². The molecule has 0 amide bonds. The Balaban J connectivity index is 2.72. The molecule has 3 N–H and O–H groups in total. The molecule has 1 rings (SSSR count). The molecule has 0 aliphatic heterocycles. The highest BCUT2D eigenvalue weighted by molar-refractivity contribution is 6.31. The summed E-state index contributed by atoms with van der Waals surface area (Å²) in [5.74, 6) is 0.625. The number of anilines is 2. The Kier molecular flexibility index (Phi) is 4.28. The first kappa shape index (κ1) is 12.2. The average Bonchev–Trinajstić information content (AvgIpc) is 2.20. The van der Waals surface area contributed by atoms with Gasteiger partial charge in [-0.2, -0.15) is 0 Å². The Bertz CT molecular complexity index is 325. The Morgan fingerprint density at radius 1 is 1.40 bits per heavy atom. The summed E-state index contributed by atoms with van der Waals surface area (Å²) in [7, 11) is 0. The Morgan fingerprint density at radius 3 is 2.60 bits per heavy atom. The largest absolute Gasteiger partial charge is 0.397 e. The first-order valence-corrected chi connectivity index (χ1v) is 5.74. The number of hydrogen-bond donors (Lipinski definition) is 2. The third kappa shape index (κ3) is 3.31. The van der Waals surface area contributed by atoms with Crippen molar-refractivity contribution >= 4 is 23.0 Å². The van der Waals surface area contributed by atoms with Gasteiger partial charge in [-0.15, -0.1) is 0 Å². The number of benzene rings is 1. The van der Waals surface area contributed by atoms with Gasteiger partial charge < -0.3 is 11.1 Å². The van der Waals surface area contributed by atoms with Crippen LogP contribution in [0.2, 0.25) is 5.02 Å². The van der Waals surface area contributed by atoms with Crippen molar-refractivity contribution in [2.45, 2.75) is 33.2 Å². The summed E-state index contributed by atoms with van der Waals surface area (Å²) in [6, 6.07) is 5.96. The van der Waals surface area contributed by atoms with Gasteiger partial charge in [-0.05, 0) is 31.0 Å². The van der Waals surface area contributed by atoms with Crippen molar-refractivity contribution in [1.29, 1.82) is 0 Å². The minimum absolute atomic E-state index is 0.415. The van der Waals surface area contributed by atoms with Gasteiger partial charge in [0, 0.05) is 11.1 Å². The van der Waals surface area contributed by atoms with Crippen molar-refractivity contribution < 1.29 is 0 Å². The molecular weight excluding hydrogens is 208 g/mol. The molecule has 2 nitrogen and oxygen atoms in total. The van der Waals surface area contributed by atoms with Gasteiger partial charge in [-0.1, -0.05) is 31.9 Å². The molecule has 0 aliphatic carbocycles. The predicted molar refractivity (Wildman–Crippen MR) is 68.4 cm³/mol. The van der Waals surface area contributed by atoms with E-state index in [-0.39, 0.29) is 0 Å². The van der Waals surface area contributed by atoms with Crippen molar-refractivity contribution in [3.63, 3.8) is 0 Å². The van der Waals surface area contributed by atoms with Gasteiger partial charge in [0.05, 0.1) is 11.4 Å². The number of hydrogen-bond acceptors (Lipinski definition) is 2. The Labute approximate surface area is 96.8 Å². The fourth-order valence-corrected chi connectivity index (χ4v) is 1.59. The molecule has 0 saturated heterocycles. The zero-order chi connectivity index (χ0) is 11.4. The lowest BCUT2D eigenvalue weighted by molar-refractivity contribution is 0.495. The van der Waals surface area contributed by atoms with Crippen molar-refractivity contribution in [2.24, 2.45) is 5.92 Å². The van der Waals surface area contributed by atoms with Crippen LogP contribution in [0.3, 0.4) is 0 Å². The van der Waals surface area contributed by atoms with E-state index in [9.17, 15) is 0 Å². The fraction of sp³-hybridized carbons (Fsp3) is 0.500. The van der Waals surface area contributed by atoms with Gasteiger partial charge in [0.25, 0.3) is 0 Å². The Hall–Kier alpha value is -0.890. The quantitative estimate of drug-likeness (QED) is 0.768. The van der Waals surface area contributed by atoms with E-state index in [0.717, 1.165) is 12.1 Å². The predicted octanol–water partition coefficient (Wildman–Crippen LogP) is 3.77. The topological polar surface area (TPSA) is 38.0 Å². The van der Waals surface area contributed by atoms with Crippen molar-refractivity contribution in [3.05, 3.63) is 23.2 Å². The van der Waals surface area contributed by atoms with Gasteiger partial charge in [0.15, 0.2) is 0 Å². The molecule has 84 valence electrons. The minimum atomic E-state index is 0.415. The van der Waals surface area contributed by atoms with Gasteiger partial charge in [0.2, 0.25) is 0 Å². The van der Waals surface area contributed by atoms with Crippen LogP contribution in [0.15, 0.2) is 18.2 Å². The highest BCUT2D eigenvalue weighted by Gasteiger charge is 2.10. The lowest BCUT2D eigenvalue weighted by Gasteiger charge is -2.22. The van der Waals surface area contributed by atoms with Crippen LogP contribution >= 0.6 is 11.6 Å². The molecule has 0 fully saturated rings. The standard InChI is InChI=1S/C12H19ClN2/c1-4-8(2)9(3)15-12-6-5-10(13)7-11(12)14/h5-9,15H,4,14H2,1-3H3. The maximum atomic E-state index is 5.86. The molecule has 0 radical (unpaired) electrons. The first-order valence-electron chi connectivity index (χ1n) is 5.36. The van der Waals surface area contributed by atoms with E-state index in [1.165, 1.54) is 0 Å². The van der Waals surface area contributed by atoms with E-state index in [1.54, 1.807) is 6.07 Å². The highest BCUT2D eigenvalue weighted by atomic mass is 35.5. The van der Waals surface area contributed by atoms with Crippen LogP contribution in [0.25, 0.3) is 0 Å². The van der Waals surface area contributed by atoms with Gasteiger partial charge in [-0.25, -0.2) is 0 Å².